The first kappa shape index (κ1) is 14.9. The van der Waals surface area contributed by atoms with E-state index in [1.807, 2.05) is 6.92 Å². The van der Waals surface area contributed by atoms with Gasteiger partial charge >= 0.3 is 5.97 Å². The van der Waals surface area contributed by atoms with Gasteiger partial charge in [0.2, 0.25) is 0 Å². The van der Waals surface area contributed by atoms with Gasteiger partial charge in [-0.1, -0.05) is 0 Å². The average Bonchev–Trinajstić information content (AvgIpc) is 2.89. The van der Waals surface area contributed by atoms with Crippen molar-refractivity contribution in [2.75, 3.05) is 19.8 Å². The predicted molar refractivity (Wildman–Crippen MR) is 74.4 cm³/mol. The monoisotopic (exact) mass is 342 g/mol. The quantitative estimate of drug-likeness (QED) is 0.836. The fourth-order valence-electron chi connectivity index (χ4n) is 2.32. The Balaban J connectivity index is 2.26. The van der Waals surface area contributed by atoms with E-state index >= 15 is 0 Å². The molecule has 0 saturated carbocycles. The SMILES string of the molecule is CCN(C(=O)c1cccnc1Br)C1COCC1C(=O)O. The molecule has 6 nitrogen and oxygen atoms in total. The van der Waals surface area contributed by atoms with Crippen molar-refractivity contribution < 1.29 is 19.4 Å². The number of halogens is 1. The Morgan fingerprint density at radius 3 is 2.90 bits per heavy atom. The van der Waals surface area contributed by atoms with Crippen LogP contribution in [0.3, 0.4) is 0 Å². The molecule has 2 atom stereocenters. The van der Waals surface area contributed by atoms with Gasteiger partial charge in [-0.05, 0) is 35.0 Å². The summed E-state index contributed by atoms with van der Waals surface area (Å²) >= 11 is 3.24. The molecule has 1 aromatic heterocycles. The largest absolute Gasteiger partial charge is 0.481 e. The zero-order valence-corrected chi connectivity index (χ0v) is 12.5. The zero-order valence-electron chi connectivity index (χ0n) is 11.0. The van der Waals surface area contributed by atoms with Crippen molar-refractivity contribution in [2.24, 2.45) is 5.92 Å². The summed E-state index contributed by atoms with van der Waals surface area (Å²) in [6.07, 6.45) is 1.58. The smallest absolute Gasteiger partial charge is 0.311 e. The fourth-order valence-corrected chi connectivity index (χ4v) is 2.74. The maximum Gasteiger partial charge on any atom is 0.311 e. The number of carboxylic acid groups (broad SMARTS) is 1. The third kappa shape index (κ3) is 2.83. The topological polar surface area (TPSA) is 79.7 Å². The van der Waals surface area contributed by atoms with Crippen LogP contribution in [0.2, 0.25) is 0 Å². The van der Waals surface area contributed by atoms with Gasteiger partial charge in [-0.2, -0.15) is 0 Å². The molecule has 1 N–H and O–H groups in total. The van der Waals surface area contributed by atoms with Gasteiger partial charge in [-0.15, -0.1) is 0 Å². The van der Waals surface area contributed by atoms with E-state index in [9.17, 15) is 14.7 Å². The molecule has 108 valence electrons. The van der Waals surface area contributed by atoms with Crippen molar-refractivity contribution in [1.29, 1.82) is 0 Å². The summed E-state index contributed by atoms with van der Waals surface area (Å²) in [5.74, 6) is -1.87. The molecule has 1 amide bonds. The van der Waals surface area contributed by atoms with Gasteiger partial charge in [0.05, 0.1) is 24.8 Å². The highest BCUT2D eigenvalue weighted by Gasteiger charge is 2.40. The van der Waals surface area contributed by atoms with E-state index in [4.69, 9.17) is 4.74 Å². The van der Waals surface area contributed by atoms with E-state index in [0.717, 1.165) is 0 Å². The molecule has 7 heteroatoms. The second kappa shape index (κ2) is 6.32. The molecule has 2 rings (SSSR count). The summed E-state index contributed by atoms with van der Waals surface area (Å²) in [4.78, 5) is 29.3. The van der Waals surface area contributed by atoms with Crippen LogP contribution in [-0.2, 0) is 9.53 Å². The van der Waals surface area contributed by atoms with Gasteiger partial charge in [-0.25, -0.2) is 4.98 Å². The molecule has 1 aliphatic heterocycles. The number of ether oxygens (including phenoxy) is 1. The lowest BCUT2D eigenvalue weighted by molar-refractivity contribution is -0.142. The van der Waals surface area contributed by atoms with Crippen LogP contribution in [0.1, 0.15) is 17.3 Å². The second-order valence-corrected chi connectivity index (χ2v) is 5.23. The summed E-state index contributed by atoms with van der Waals surface area (Å²) < 4.78 is 5.68. The third-order valence-corrected chi connectivity index (χ3v) is 3.99. The number of rotatable bonds is 4. The van der Waals surface area contributed by atoms with Gasteiger partial charge in [-0.3, -0.25) is 9.59 Å². The van der Waals surface area contributed by atoms with Crippen LogP contribution >= 0.6 is 15.9 Å². The van der Waals surface area contributed by atoms with Crippen molar-refractivity contribution in [1.82, 2.24) is 9.88 Å². The first-order valence-corrected chi connectivity index (χ1v) is 7.07. The van der Waals surface area contributed by atoms with E-state index in [-0.39, 0.29) is 19.1 Å². The summed E-state index contributed by atoms with van der Waals surface area (Å²) in [6.45, 7) is 2.61. The molecule has 1 fully saturated rings. The highest BCUT2D eigenvalue weighted by molar-refractivity contribution is 9.10. The zero-order chi connectivity index (χ0) is 14.7. The van der Waals surface area contributed by atoms with E-state index in [1.54, 1.807) is 18.3 Å². The Morgan fingerprint density at radius 1 is 1.55 bits per heavy atom. The van der Waals surface area contributed by atoms with Crippen LogP contribution < -0.4 is 0 Å². The number of nitrogens with zero attached hydrogens (tertiary/aromatic N) is 2. The average molecular weight is 343 g/mol. The Labute approximate surface area is 124 Å². The Hall–Kier alpha value is -1.47. The highest BCUT2D eigenvalue weighted by atomic mass is 79.9. The first-order valence-electron chi connectivity index (χ1n) is 6.28. The molecule has 1 aromatic rings. The second-order valence-electron chi connectivity index (χ2n) is 4.48. The lowest BCUT2D eigenvalue weighted by Gasteiger charge is -2.29. The minimum Gasteiger partial charge on any atom is -0.481 e. The Kier molecular flexibility index (Phi) is 4.72. The molecule has 0 spiro atoms. The number of amides is 1. The van der Waals surface area contributed by atoms with Gasteiger partial charge < -0.3 is 14.7 Å². The predicted octanol–water partition coefficient (Wildman–Crippen LogP) is 1.41. The minimum absolute atomic E-state index is 0.137. The van der Waals surface area contributed by atoms with Gasteiger partial charge in [0.15, 0.2) is 0 Å². The normalized spacial score (nSPS) is 21.7. The number of hydrogen-bond donors (Lipinski definition) is 1. The molecular weight excluding hydrogens is 328 g/mol. The molecule has 0 aliphatic carbocycles. The number of likely N-dealkylation sites (N-methyl/N-ethyl adjacent to an activating group) is 1. The molecule has 1 saturated heterocycles. The van der Waals surface area contributed by atoms with Gasteiger partial charge in [0, 0.05) is 12.7 Å². The number of aromatic nitrogens is 1. The number of hydrogen-bond acceptors (Lipinski definition) is 4. The van der Waals surface area contributed by atoms with E-state index in [2.05, 4.69) is 20.9 Å². The maximum absolute atomic E-state index is 12.6. The third-order valence-electron chi connectivity index (χ3n) is 3.36. The molecule has 2 unspecified atom stereocenters. The van der Waals surface area contributed by atoms with Crippen molar-refractivity contribution in [3.63, 3.8) is 0 Å². The molecule has 20 heavy (non-hydrogen) atoms. The summed E-state index contributed by atoms with van der Waals surface area (Å²) in [6, 6.07) is 2.89. The van der Waals surface area contributed by atoms with Crippen LogP contribution in [0.5, 0.6) is 0 Å². The summed E-state index contributed by atoms with van der Waals surface area (Å²) in [5, 5.41) is 9.20. The molecular formula is C13H15BrN2O4. The maximum atomic E-state index is 12.6. The van der Waals surface area contributed by atoms with Crippen LogP contribution in [0, 0.1) is 5.92 Å². The molecule has 0 bridgehead atoms. The lowest BCUT2D eigenvalue weighted by Crippen LogP contribution is -2.46. The molecule has 1 aliphatic rings. The fraction of sp³-hybridized carbons (Fsp3) is 0.462. The van der Waals surface area contributed by atoms with Crippen LogP contribution in [0.25, 0.3) is 0 Å². The Bertz CT molecular complexity index is 523. The van der Waals surface area contributed by atoms with Crippen molar-refractivity contribution >= 4 is 27.8 Å². The van der Waals surface area contributed by atoms with Crippen LogP contribution in [-0.4, -0.2) is 52.7 Å². The number of carbonyl (C=O) groups is 2. The van der Waals surface area contributed by atoms with E-state index < -0.39 is 17.9 Å². The summed E-state index contributed by atoms with van der Waals surface area (Å²) in [7, 11) is 0. The molecule has 2 heterocycles. The van der Waals surface area contributed by atoms with Crippen molar-refractivity contribution in [3.8, 4) is 0 Å². The van der Waals surface area contributed by atoms with Gasteiger partial charge in [0.25, 0.3) is 5.91 Å². The van der Waals surface area contributed by atoms with Crippen molar-refractivity contribution in [3.05, 3.63) is 28.5 Å². The molecule has 0 aromatic carbocycles. The minimum atomic E-state index is -0.941. The van der Waals surface area contributed by atoms with E-state index in [1.165, 1.54) is 4.90 Å². The standard InChI is InChI=1S/C13H15BrN2O4/c1-2-16(10-7-20-6-9(10)13(18)19)12(17)8-4-3-5-15-11(8)14/h3-5,9-10H,2,6-7H2,1H3,(H,18,19). The molecule has 0 radical (unpaired) electrons. The number of aliphatic carboxylic acids is 1. The lowest BCUT2D eigenvalue weighted by atomic mass is 10.0. The van der Waals surface area contributed by atoms with Crippen LogP contribution in [0.15, 0.2) is 22.9 Å². The number of carboxylic acids is 1. The van der Waals surface area contributed by atoms with Gasteiger partial charge in [0.1, 0.15) is 10.5 Å². The number of carbonyl (C=O) groups excluding carboxylic acids is 1. The number of pyridine rings is 1. The van der Waals surface area contributed by atoms with E-state index in [0.29, 0.717) is 16.7 Å². The summed E-state index contributed by atoms with van der Waals surface area (Å²) in [5.41, 5.74) is 0.422. The van der Waals surface area contributed by atoms with Crippen LogP contribution in [0.4, 0.5) is 0 Å². The highest BCUT2D eigenvalue weighted by Crippen LogP contribution is 2.23. The Morgan fingerprint density at radius 2 is 2.30 bits per heavy atom. The van der Waals surface area contributed by atoms with Crippen molar-refractivity contribution in [2.45, 2.75) is 13.0 Å². The first-order chi connectivity index (χ1) is 9.56.